The molecule has 0 saturated heterocycles. The molecule has 0 aliphatic rings. The van der Waals surface area contributed by atoms with Crippen molar-refractivity contribution in [2.24, 2.45) is 0 Å². The maximum Gasteiger partial charge on any atom is 0.259 e. The van der Waals surface area contributed by atoms with Crippen LogP contribution in [0.3, 0.4) is 0 Å². The highest BCUT2D eigenvalue weighted by Gasteiger charge is 2.21. The zero-order chi connectivity index (χ0) is 19.9. The zero-order valence-electron chi connectivity index (χ0n) is 15.5. The molecular weight excluding hydrogens is 364 g/mol. The van der Waals surface area contributed by atoms with Gasteiger partial charge in [0, 0.05) is 38.3 Å². The third-order valence-corrected chi connectivity index (χ3v) is 4.03. The summed E-state index contributed by atoms with van der Waals surface area (Å²) in [4.78, 5) is 37.2. The third kappa shape index (κ3) is 4.29. The zero-order valence-corrected chi connectivity index (χ0v) is 15.5. The Kier molecular flexibility index (Phi) is 6.22. The second-order valence-corrected chi connectivity index (χ2v) is 5.88. The van der Waals surface area contributed by atoms with Crippen molar-refractivity contribution in [3.63, 3.8) is 0 Å². The highest BCUT2D eigenvalue weighted by Crippen LogP contribution is 2.21. The third-order valence-electron chi connectivity index (χ3n) is 4.03. The van der Waals surface area contributed by atoms with Crippen molar-refractivity contribution in [2.45, 2.75) is 19.4 Å². The highest BCUT2D eigenvalue weighted by atomic mass is 16.5. The van der Waals surface area contributed by atoms with Crippen molar-refractivity contribution in [3.05, 3.63) is 47.3 Å². The van der Waals surface area contributed by atoms with Crippen LogP contribution in [-0.2, 0) is 9.53 Å². The number of nitrogens with one attached hydrogen (secondary N) is 1. The highest BCUT2D eigenvalue weighted by molar-refractivity contribution is 5.80. The maximum absolute atomic E-state index is 12.4. The predicted octanol–water partition coefficient (Wildman–Crippen LogP) is 1.07. The summed E-state index contributed by atoms with van der Waals surface area (Å²) in [5.74, 6) is 0.235. The summed E-state index contributed by atoms with van der Waals surface area (Å²) in [7, 11) is 1.55. The van der Waals surface area contributed by atoms with Gasteiger partial charge in [-0.25, -0.2) is 4.98 Å². The lowest BCUT2D eigenvalue weighted by molar-refractivity contribution is -0.124. The molecule has 0 aromatic carbocycles. The summed E-state index contributed by atoms with van der Waals surface area (Å²) in [6, 6.07) is 2.28. The van der Waals surface area contributed by atoms with Gasteiger partial charge in [0.25, 0.3) is 11.4 Å². The van der Waals surface area contributed by atoms with Crippen molar-refractivity contribution >= 4 is 5.91 Å². The Hall–Kier alpha value is -3.40. The minimum atomic E-state index is -0.660. The van der Waals surface area contributed by atoms with Crippen LogP contribution in [0, 0.1) is 0 Å². The number of pyridine rings is 1. The predicted molar refractivity (Wildman–Crippen MR) is 99.2 cm³/mol. The molecule has 0 spiro atoms. The minimum absolute atomic E-state index is 0.212. The Bertz CT molecular complexity index is 985. The van der Waals surface area contributed by atoms with Gasteiger partial charge in [0.15, 0.2) is 0 Å². The summed E-state index contributed by atoms with van der Waals surface area (Å²) in [6.07, 6.45) is 6.58. The van der Waals surface area contributed by atoms with Gasteiger partial charge in [0.2, 0.25) is 11.7 Å². The van der Waals surface area contributed by atoms with Crippen LogP contribution in [0.5, 0.6) is 0 Å². The largest absolute Gasteiger partial charge is 0.383 e. The molecule has 1 unspecified atom stereocenters. The number of rotatable bonds is 8. The first-order valence-corrected chi connectivity index (χ1v) is 8.73. The van der Waals surface area contributed by atoms with Gasteiger partial charge in [-0.15, -0.1) is 0 Å². The van der Waals surface area contributed by atoms with E-state index in [0.717, 1.165) is 0 Å². The van der Waals surface area contributed by atoms with Gasteiger partial charge in [-0.3, -0.25) is 14.6 Å². The normalized spacial score (nSPS) is 11.9. The number of methoxy groups -OCH3 is 1. The number of hydrogen-bond acceptors (Lipinski definition) is 8. The van der Waals surface area contributed by atoms with Gasteiger partial charge in [-0.1, -0.05) is 12.1 Å². The summed E-state index contributed by atoms with van der Waals surface area (Å²) in [5, 5.41) is 6.65. The molecular formula is C18H20N6O4. The van der Waals surface area contributed by atoms with E-state index in [1.54, 1.807) is 25.6 Å². The Morgan fingerprint density at radius 1 is 1.36 bits per heavy atom. The maximum atomic E-state index is 12.4. The molecule has 0 aliphatic carbocycles. The summed E-state index contributed by atoms with van der Waals surface area (Å²) < 4.78 is 11.6. The van der Waals surface area contributed by atoms with Crippen LogP contribution in [0.2, 0.25) is 0 Å². The van der Waals surface area contributed by atoms with E-state index in [0.29, 0.717) is 30.8 Å². The molecule has 0 fully saturated rings. The topological polar surface area (TPSA) is 125 Å². The average Bonchev–Trinajstić information content (AvgIpc) is 3.21. The quantitative estimate of drug-likeness (QED) is 0.572. The molecule has 1 N–H and O–H groups in total. The molecule has 0 saturated carbocycles. The van der Waals surface area contributed by atoms with Crippen molar-refractivity contribution < 1.29 is 14.1 Å². The SMILES string of the molecule is CCC(C(=O)NCCOC)n1cc(-c2nc(-c3cnccn3)no2)ccc1=O. The standard InChI is InChI=1S/C18H20N6O4/c1-3-14(17(26)21-8-9-27-2)24-11-12(4-5-15(24)25)18-22-16(23-28-18)13-10-19-6-7-20-13/h4-7,10-11,14H,3,8-9H2,1-2H3,(H,21,26). The summed E-state index contributed by atoms with van der Waals surface area (Å²) in [5.41, 5.74) is 0.686. The Morgan fingerprint density at radius 2 is 2.21 bits per heavy atom. The Morgan fingerprint density at radius 3 is 2.93 bits per heavy atom. The first kappa shape index (κ1) is 19.4. The van der Waals surface area contributed by atoms with E-state index in [-0.39, 0.29) is 23.2 Å². The lowest BCUT2D eigenvalue weighted by Crippen LogP contribution is -2.38. The van der Waals surface area contributed by atoms with Crippen molar-refractivity contribution in [1.29, 1.82) is 0 Å². The van der Waals surface area contributed by atoms with Crippen LogP contribution in [0.15, 0.2) is 46.2 Å². The van der Waals surface area contributed by atoms with Gasteiger partial charge < -0.3 is 19.1 Å². The molecule has 0 aliphatic heterocycles. The van der Waals surface area contributed by atoms with E-state index in [4.69, 9.17) is 9.26 Å². The number of carbonyl (C=O) groups excluding carboxylic acids is 1. The van der Waals surface area contributed by atoms with E-state index in [1.807, 2.05) is 6.92 Å². The molecule has 1 atom stereocenters. The Labute approximate surface area is 160 Å². The first-order valence-electron chi connectivity index (χ1n) is 8.73. The molecule has 3 rings (SSSR count). The molecule has 146 valence electrons. The second kappa shape index (κ2) is 9.00. The van der Waals surface area contributed by atoms with Crippen LogP contribution in [0.4, 0.5) is 0 Å². The molecule has 3 heterocycles. The van der Waals surface area contributed by atoms with Gasteiger partial charge in [-0.2, -0.15) is 4.98 Å². The fourth-order valence-electron chi connectivity index (χ4n) is 2.64. The van der Waals surface area contributed by atoms with Crippen LogP contribution in [-0.4, -0.2) is 50.8 Å². The molecule has 10 heteroatoms. The van der Waals surface area contributed by atoms with E-state index in [9.17, 15) is 9.59 Å². The fourth-order valence-corrected chi connectivity index (χ4v) is 2.64. The van der Waals surface area contributed by atoms with Crippen LogP contribution in [0.25, 0.3) is 23.0 Å². The van der Waals surface area contributed by atoms with Crippen LogP contribution < -0.4 is 10.9 Å². The van der Waals surface area contributed by atoms with Gasteiger partial charge >= 0.3 is 0 Å². The number of amides is 1. The fraction of sp³-hybridized carbons (Fsp3) is 0.333. The van der Waals surface area contributed by atoms with Crippen molar-refractivity contribution in [2.75, 3.05) is 20.3 Å². The monoisotopic (exact) mass is 384 g/mol. The number of aromatic nitrogens is 5. The Balaban J connectivity index is 1.88. The van der Waals surface area contributed by atoms with E-state index >= 15 is 0 Å². The lowest BCUT2D eigenvalue weighted by Gasteiger charge is -2.18. The molecule has 0 bridgehead atoms. The van der Waals surface area contributed by atoms with Crippen LogP contribution >= 0.6 is 0 Å². The molecule has 28 heavy (non-hydrogen) atoms. The molecule has 10 nitrogen and oxygen atoms in total. The number of ether oxygens (including phenoxy) is 1. The summed E-state index contributed by atoms with van der Waals surface area (Å²) in [6.45, 7) is 2.59. The molecule has 3 aromatic rings. The molecule has 1 amide bonds. The van der Waals surface area contributed by atoms with Gasteiger partial charge in [0.1, 0.15) is 11.7 Å². The van der Waals surface area contributed by atoms with Crippen molar-refractivity contribution in [3.8, 4) is 23.0 Å². The molecule has 3 aromatic heterocycles. The van der Waals surface area contributed by atoms with E-state index in [1.165, 1.54) is 23.0 Å². The average molecular weight is 384 g/mol. The van der Waals surface area contributed by atoms with Gasteiger partial charge in [0.05, 0.1) is 18.4 Å². The smallest absolute Gasteiger partial charge is 0.259 e. The second-order valence-electron chi connectivity index (χ2n) is 5.88. The van der Waals surface area contributed by atoms with Gasteiger partial charge in [-0.05, 0) is 12.5 Å². The number of nitrogens with zero attached hydrogens (tertiary/aromatic N) is 5. The van der Waals surface area contributed by atoms with Crippen LogP contribution in [0.1, 0.15) is 19.4 Å². The lowest BCUT2D eigenvalue weighted by atomic mass is 10.2. The number of hydrogen-bond donors (Lipinski definition) is 1. The minimum Gasteiger partial charge on any atom is -0.383 e. The van der Waals surface area contributed by atoms with E-state index < -0.39 is 6.04 Å². The van der Waals surface area contributed by atoms with Crippen molar-refractivity contribution in [1.82, 2.24) is 30.0 Å². The summed E-state index contributed by atoms with van der Waals surface area (Å²) >= 11 is 0. The first-order chi connectivity index (χ1) is 13.6. The number of carbonyl (C=O) groups is 1. The molecule has 0 radical (unpaired) electrons. The van der Waals surface area contributed by atoms with E-state index in [2.05, 4.69) is 25.4 Å².